The van der Waals surface area contributed by atoms with Gasteiger partial charge < -0.3 is 14.8 Å². The number of anilines is 1. The van der Waals surface area contributed by atoms with Crippen LogP contribution in [0.25, 0.3) is 10.4 Å². The first-order chi connectivity index (χ1) is 13.5. The maximum atomic E-state index is 12.3. The average Bonchev–Trinajstić information content (AvgIpc) is 3.11. The number of esters is 1. The zero-order valence-electron chi connectivity index (χ0n) is 14.7. The molecule has 1 aromatic heterocycles. The highest BCUT2D eigenvalue weighted by Gasteiger charge is 2.19. The molecule has 5 nitrogen and oxygen atoms in total. The number of hydrogen-bond acceptors (Lipinski definition) is 5. The highest BCUT2D eigenvalue weighted by Crippen LogP contribution is 2.35. The van der Waals surface area contributed by atoms with Gasteiger partial charge in [0, 0.05) is 9.90 Å². The summed E-state index contributed by atoms with van der Waals surface area (Å²) in [4.78, 5) is 25.5. The van der Waals surface area contributed by atoms with Crippen LogP contribution in [0.15, 0.2) is 54.6 Å². The van der Waals surface area contributed by atoms with Crippen molar-refractivity contribution in [3.05, 3.63) is 69.5 Å². The molecule has 3 rings (SSSR count). The van der Waals surface area contributed by atoms with E-state index in [-0.39, 0.29) is 6.61 Å². The second-order valence-electron chi connectivity index (χ2n) is 5.62. The van der Waals surface area contributed by atoms with Crippen LogP contribution in [0.4, 0.5) is 5.69 Å². The molecule has 0 bridgehead atoms. The normalized spacial score (nSPS) is 10.4. The zero-order valence-corrected chi connectivity index (χ0v) is 17.0. The molecule has 0 fully saturated rings. The lowest BCUT2D eigenvalue weighted by Gasteiger charge is -2.09. The molecular weight excluding hydrogens is 421 g/mol. The van der Waals surface area contributed by atoms with Gasteiger partial charge in [0.1, 0.15) is 10.6 Å². The molecule has 1 amide bonds. The fourth-order valence-corrected chi connectivity index (χ4v) is 3.89. The third-order valence-electron chi connectivity index (χ3n) is 3.69. The number of rotatable bonds is 6. The largest absolute Gasteiger partial charge is 0.482 e. The maximum Gasteiger partial charge on any atom is 0.350 e. The second-order valence-corrected chi connectivity index (χ2v) is 7.52. The van der Waals surface area contributed by atoms with E-state index in [0.29, 0.717) is 26.4 Å². The number of nitrogens with one attached hydrogen (secondary N) is 1. The van der Waals surface area contributed by atoms with Gasteiger partial charge in [0.15, 0.2) is 6.61 Å². The van der Waals surface area contributed by atoms with E-state index >= 15 is 0 Å². The molecule has 3 aromatic rings. The summed E-state index contributed by atoms with van der Waals surface area (Å²) >= 11 is 13.1. The quantitative estimate of drug-likeness (QED) is 0.517. The Hall–Kier alpha value is -2.54. The van der Waals surface area contributed by atoms with E-state index < -0.39 is 11.9 Å². The third kappa shape index (κ3) is 4.84. The van der Waals surface area contributed by atoms with Crippen LogP contribution in [-0.4, -0.2) is 25.6 Å². The van der Waals surface area contributed by atoms with Crippen molar-refractivity contribution in [3.63, 3.8) is 0 Å². The molecule has 0 unspecified atom stereocenters. The predicted molar refractivity (Wildman–Crippen MR) is 112 cm³/mol. The molecule has 0 aliphatic heterocycles. The molecule has 1 N–H and O–H groups in total. The Morgan fingerprint density at radius 3 is 2.50 bits per heavy atom. The van der Waals surface area contributed by atoms with Gasteiger partial charge in [-0.3, -0.25) is 4.79 Å². The number of benzene rings is 2. The average molecular weight is 436 g/mol. The zero-order chi connectivity index (χ0) is 20.1. The summed E-state index contributed by atoms with van der Waals surface area (Å²) in [5.41, 5.74) is 1.30. The lowest BCUT2D eigenvalue weighted by Crippen LogP contribution is -2.21. The molecular formula is C20H15Cl2NO4S. The standard InChI is InChI=1S/C20H15Cl2NO4S/c1-26-20(25)19-15(10-17(28-19)12-5-3-2-4-6-12)23-18(24)11-27-16-8-7-13(21)9-14(16)22/h2-10H,11H2,1H3,(H,23,24). The summed E-state index contributed by atoms with van der Waals surface area (Å²) in [6.07, 6.45) is 0. The molecule has 0 saturated heterocycles. The first-order valence-electron chi connectivity index (χ1n) is 8.13. The molecule has 0 radical (unpaired) electrons. The Morgan fingerprint density at radius 1 is 1.07 bits per heavy atom. The number of methoxy groups -OCH3 is 1. The Balaban J connectivity index is 1.75. The Bertz CT molecular complexity index is 1000. The van der Waals surface area contributed by atoms with Crippen molar-refractivity contribution in [1.82, 2.24) is 0 Å². The van der Waals surface area contributed by atoms with Gasteiger partial charge in [0.25, 0.3) is 5.91 Å². The molecule has 0 atom stereocenters. The third-order valence-corrected chi connectivity index (χ3v) is 5.38. The highest BCUT2D eigenvalue weighted by atomic mass is 35.5. The van der Waals surface area contributed by atoms with Crippen LogP contribution in [0.5, 0.6) is 5.75 Å². The summed E-state index contributed by atoms with van der Waals surface area (Å²) in [5, 5.41) is 3.47. The molecule has 1 heterocycles. The lowest BCUT2D eigenvalue weighted by molar-refractivity contribution is -0.118. The van der Waals surface area contributed by atoms with E-state index in [4.69, 9.17) is 32.7 Å². The summed E-state index contributed by atoms with van der Waals surface area (Å²) < 4.78 is 10.3. The van der Waals surface area contributed by atoms with E-state index in [9.17, 15) is 9.59 Å². The minimum Gasteiger partial charge on any atom is -0.482 e. The summed E-state index contributed by atoms with van der Waals surface area (Å²) in [5.74, 6) is -0.623. The van der Waals surface area contributed by atoms with Crippen molar-refractivity contribution < 1.29 is 19.1 Å². The van der Waals surface area contributed by atoms with E-state index in [1.54, 1.807) is 18.2 Å². The fourth-order valence-electron chi connectivity index (χ4n) is 2.39. The first kappa shape index (κ1) is 20.2. The Labute approximate surface area is 175 Å². The monoisotopic (exact) mass is 435 g/mol. The fraction of sp³-hybridized carbons (Fsp3) is 0.100. The van der Waals surface area contributed by atoms with Crippen LogP contribution in [0, 0.1) is 0 Å². The lowest BCUT2D eigenvalue weighted by atomic mass is 10.2. The Kier molecular flexibility index (Phi) is 6.57. The van der Waals surface area contributed by atoms with Gasteiger partial charge in [-0.05, 0) is 29.8 Å². The van der Waals surface area contributed by atoms with Crippen LogP contribution in [0.2, 0.25) is 10.0 Å². The maximum absolute atomic E-state index is 12.3. The van der Waals surface area contributed by atoms with E-state index in [1.165, 1.54) is 24.5 Å². The molecule has 144 valence electrons. The highest BCUT2D eigenvalue weighted by molar-refractivity contribution is 7.18. The first-order valence-corrected chi connectivity index (χ1v) is 9.70. The number of ether oxygens (including phenoxy) is 2. The number of carbonyl (C=O) groups is 2. The van der Waals surface area contributed by atoms with Crippen molar-refractivity contribution in [3.8, 4) is 16.2 Å². The molecule has 0 saturated carbocycles. The van der Waals surface area contributed by atoms with Crippen LogP contribution in [0.3, 0.4) is 0 Å². The number of thiophene rings is 1. The van der Waals surface area contributed by atoms with Gasteiger partial charge in [-0.2, -0.15) is 0 Å². The second kappa shape index (κ2) is 9.10. The van der Waals surface area contributed by atoms with Gasteiger partial charge in [0.2, 0.25) is 0 Å². The Morgan fingerprint density at radius 2 is 1.82 bits per heavy atom. The number of hydrogen-bond donors (Lipinski definition) is 1. The van der Waals surface area contributed by atoms with Crippen molar-refractivity contribution in [2.45, 2.75) is 0 Å². The molecule has 8 heteroatoms. The van der Waals surface area contributed by atoms with Crippen LogP contribution in [-0.2, 0) is 9.53 Å². The van der Waals surface area contributed by atoms with Crippen LogP contribution < -0.4 is 10.1 Å². The molecule has 0 aliphatic rings. The van der Waals surface area contributed by atoms with Gasteiger partial charge in [-0.1, -0.05) is 53.5 Å². The van der Waals surface area contributed by atoms with Crippen molar-refractivity contribution in [2.24, 2.45) is 0 Å². The van der Waals surface area contributed by atoms with Crippen molar-refractivity contribution >= 4 is 52.1 Å². The van der Waals surface area contributed by atoms with Gasteiger partial charge in [-0.15, -0.1) is 11.3 Å². The molecule has 28 heavy (non-hydrogen) atoms. The van der Waals surface area contributed by atoms with Crippen LogP contribution in [0.1, 0.15) is 9.67 Å². The summed E-state index contributed by atoms with van der Waals surface area (Å²) in [7, 11) is 1.29. The van der Waals surface area contributed by atoms with Gasteiger partial charge in [-0.25, -0.2) is 4.79 Å². The minimum atomic E-state index is -0.524. The minimum absolute atomic E-state index is 0.279. The van der Waals surface area contributed by atoms with E-state index in [0.717, 1.165) is 10.4 Å². The van der Waals surface area contributed by atoms with E-state index in [2.05, 4.69) is 5.32 Å². The molecule has 2 aromatic carbocycles. The summed E-state index contributed by atoms with van der Waals surface area (Å²) in [6.45, 7) is -0.279. The van der Waals surface area contributed by atoms with Crippen LogP contribution >= 0.6 is 34.5 Å². The molecule has 0 spiro atoms. The van der Waals surface area contributed by atoms with Crippen molar-refractivity contribution in [1.29, 1.82) is 0 Å². The van der Waals surface area contributed by atoms with E-state index in [1.807, 2.05) is 30.3 Å². The number of carbonyl (C=O) groups excluding carboxylic acids is 2. The predicted octanol–water partition coefficient (Wildman–Crippen LogP) is 5.53. The topological polar surface area (TPSA) is 64.6 Å². The SMILES string of the molecule is COC(=O)c1sc(-c2ccccc2)cc1NC(=O)COc1ccc(Cl)cc1Cl. The van der Waals surface area contributed by atoms with Gasteiger partial charge in [0.05, 0.1) is 17.8 Å². The number of halogens is 2. The van der Waals surface area contributed by atoms with Gasteiger partial charge >= 0.3 is 5.97 Å². The van der Waals surface area contributed by atoms with Crippen molar-refractivity contribution in [2.75, 3.05) is 19.0 Å². The smallest absolute Gasteiger partial charge is 0.350 e. The number of amides is 1. The molecule has 0 aliphatic carbocycles. The summed E-state index contributed by atoms with van der Waals surface area (Å²) in [6, 6.07) is 16.0.